The van der Waals surface area contributed by atoms with Crippen molar-refractivity contribution in [1.29, 1.82) is 0 Å². The van der Waals surface area contributed by atoms with Crippen molar-refractivity contribution in [2.75, 3.05) is 0 Å². The van der Waals surface area contributed by atoms with E-state index in [2.05, 4.69) is 24.1 Å². The van der Waals surface area contributed by atoms with Crippen molar-refractivity contribution in [1.82, 2.24) is 9.55 Å². The van der Waals surface area contributed by atoms with E-state index < -0.39 is 0 Å². The molecule has 0 bridgehead atoms. The molecule has 2 heterocycles. The van der Waals surface area contributed by atoms with E-state index >= 15 is 0 Å². The van der Waals surface area contributed by atoms with Crippen LogP contribution in [0, 0.1) is 0 Å². The summed E-state index contributed by atoms with van der Waals surface area (Å²) in [6.45, 7) is 2.73. The van der Waals surface area contributed by atoms with Gasteiger partial charge in [0.1, 0.15) is 5.65 Å². The van der Waals surface area contributed by atoms with Crippen LogP contribution in [0.15, 0.2) is 65.6 Å². The van der Waals surface area contributed by atoms with Gasteiger partial charge in [-0.1, -0.05) is 55.7 Å². The van der Waals surface area contributed by atoms with Crippen LogP contribution in [0.2, 0.25) is 5.02 Å². The Balaban J connectivity index is 1.99. The fourth-order valence-corrected chi connectivity index (χ4v) is 3.15. The van der Waals surface area contributed by atoms with Crippen LogP contribution < -0.4 is 5.56 Å². The number of hydrogen-bond acceptors (Lipinski definition) is 2. The van der Waals surface area contributed by atoms with Crippen LogP contribution in [0.25, 0.3) is 22.2 Å². The van der Waals surface area contributed by atoms with Crippen molar-refractivity contribution in [2.24, 2.45) is 0 Å². The van der Waals surface area contributed by atoms with Gasteiger partial charge in [0.2, 0.25) is 0 Å². The zero-order chi connectivity index (χ0) is 18.4. The Labute approximate surface area is 159 Å². The SMILES string of the molecule is CCCCCC=CCn1c(=O)c(-c2ccc(Cl)cc2)cc2cccnc21. The van der Waals surface area contributed by atoms with E-state index in [1.807, 2.05) is 42.5 Å². The zero-order valence-electron chi connectivity index (χ0n) is 15.0. The van der Waals surface area contributed by atoms with Gasteiger partial charge in [0.15, 0.2) is 0 Å². The molecule has 0 amide bonds. The highest BCUT2D eigenvalue weighted by Crippen LogP contribution is 2.22. The predicted molar refractivity (Wildman–Crippen MR) is 110 cm³/mol. The number of fused-ring (bicyclic) bond motifs is 1. The summed E-state index contributed by atoms with van der Waals surface area (Å²) in [5.74, 6) is 0. The monoisotopic (exact) mass is 366 g/mol. The van der Waals surface area contributed by atoms with Crippen molar-refractivity contribution in [3.8, 4) is 11.1 Å². The van der Waals surface area contributed by atoms with Crippen LogP contribution in [-0.2, 0) is 6.54 Å². The fraction of sp³-hybridized carbons (Fsp3) is 0.273. The predicted octanol–water partition coefficient (Wildman–Crippen LogP) is 5.85. The molecule has 0 unspecified atom stereocenters. The lowest BCUT2D eigenvalue weighted by Crippen LogP contribution is -2.22. The second-order valence-corrected chi connectivity index (χ2v) is 6.80. The summed E-state index contributed by atoms with van der Waals surface area (Å²) in [5.41, 5.74) is 2.22. The van der Waals surface area contributed by atoms with Crippen molar-refractivity contribution in [3.63, 3.8) is 0 Å². The number of pyridine rings is 2. The lowest BCUT2D eigenvalue weighted by atomic mass is 10.1. The molecular formula is C22H23ClN2O. The van der Waals surface area contributed by atoms with Crippen molar-refractivity contribution in [2.45, 2.75) is 39.2 Å². The zero-order valence-corrected chi connectivity index (χ0v) is 15.7. The average Bonchev–Trinajstić information content (AvgIpc) is 2.66. The molecule has 3 nitrogen and oxygen atoms in total. The number of unbranched alkanes of at least 4 members (excludes halogenated alkanes) is 3. The Morgan fingerprint density at radius 2 is 1.92 bits per heavy atom. The molecule has 0 aliphatic carbocycles. The van der Waals surface area contributed by atoms with E-state index in [4.69, 9.17) is 11.6 Å². The Morgan fingerprint density at radius 3 is 2.69 bits per heavy atom. The third kappa shape index (κ3) is 4.23. The topological polar surface area (TPSA) is 34.9 Å². The first-order valence-corrected chi connectivity index (χ1v) is 9.48. The smallest absolute Gasteiger partial charge is 0.260 e. The van der Waals surface area contributed by atoms with Gasteiger partial charge in [0.25, 0.3) is 5.56 Å². The fourth-order valence-electron chi connectivity index (χ4n) is 3.02. The number of hydrogen-bond donors (Lipinski definition) is 0. The number of nitrogens with zero attached hydrogens (tertiary/aromatic N) is 2. The first-order valence-electron chi connectivity index (χ1n) is 9.10. The Bertz CT molecular complexity index is 958. The lowest BCUT2D eigenvalue weighted by molar-refractivity contribution is 0.725. The number of halogens is 1. The van der Waals surface area contributed by atoms with Crippen molar-refractivity contribution in [3.05, 3.63) is 76.2 Å². The van der Waals surface area contributed by atoms with E-state index in [0.717, 1.165) is 17.4 Å². The van der Waals surface area contributed by atoms with Crippen LogP contribution in [0.3, 0.4) is 0 Å². The lowest BCUT2D eigenvalue weighted by Gasteiger charge is -2.11. The highest BCUT2D eigenvalue weighted by atomic mass is 35.5. The van der Waals surface area contributed by atoms with Gasteiger partial charge in [-0.05, 0) is 48.7 Å². The minimum absolute atomic E-state index is 0.0308. The average molecular weight is 367 g/mol. The first-order chi connectivity index (χ1) is 12.7. The largest absolute Gasteiger partial charge is 0.288 e. The van der Waals surface area contributed by atoms with Crippen LogP contribution >= 0.6 is 11.6 Å². The molecule has 0 N–H and O–H groups in total. The third-order valence-electron chi connectivity index (χ3n) is 4.43. The molecule has 0 atom stereocenters. The normalized spacial score (nSPS) is 11.5. The van der Waals surface area contributed by atoms with Crippen LogP contribution in [-0.4, -0.2) is 9.55 Å². The molecule has 2 aromatic heterocycles. The van der Waals surface area contributed by atoms with Crippen LogP contribution in [0.1, 0.15) is 32.6 Å². The maximum atomic E-state index is 13.1. The number of allylic oxidation sites excluding steroid dienone is 2. The van der Waals surface area contributed by atoms with Gasteiger partial charge >= 0.3 is 0 Å². The molecule has 0 aliphatic rings. The van der Waals surface area contributed by atoms with E-state index in [1.54, 1.807) is 10.8 Å². The summed E-state index contributed by atoms with van der Waals surface area (Å²) in [7, 11) is 0. The molecule has 3 rings (SSSR count). The van der Waals surface area contributed by atoms with Crippen LogP contribution in [0.5, 0.6) is 0 Å². The van der Waals surface area contributed by atoms with Gasteiger partial charge in [-0.3, -0.25) is 9.36 Å². The molecule has 1 aromatic carbocycles. The molecule has 0 spiro atoms. The van der Waals surface area contributed by atoms with E-state index in [0.29, 0.717) is 22.8 Å². The quantitative estimate of drug-likeness (QED) is 0.388. The molecular weight excluding hydrogens is 344 g/mol. The molecule has 0 saturated carbocycles. The Kier molecular flexibility index (Phi) is 6.24. The number of benzene rings is 1. The Morgan fingerprint density at radius 1 is 1.12 bits per heavy atom. The molecule has 4 heteroatoms. The number of aromatic nitrogens is 2. The molecule has 0 aliphatic heterocycles. The van der Waals surface area contributed by atoms with Gasteiger partial charge in [-0.2, -0.15) is 0 Å². The van der Waals surface area contributed by atoms with E-state index in [1.165, 1.54) is 19.3 Å². The minimum atomic E-state index is -0.0308. The first kappa shape index (κ1) is 18.4. The summed E-state index contributed by atoms with van der Waals surface area (Å²) in [5, 5.41) is 1.61. The van der Waals surface area contributed by atoms with Gasteiger partial charge in [0, 0.05) is 28.7 Å². The molecule has 26 heavy (non-hydrogen) atoms. The molecule has 0 saturated heterocycles. The standard InChI is InChI=1S/C22H23ClN2O/c1-2-3-4-5-6-7-15-25-21-18(9-8-14-24-21)16-20(22(25)26)17-10-12-19(23)13-11-17/h6-14,16H,2-5,15H2,1H3. The maximum Gasteiger partial charge on any atom is 0.260 e. The summed E-state index contributed by atoms with van der Waals surface area (Å²) in [4.78, 5) is 17.5. The summed E-state index contributed by atoms with van der Waals surface area (Å²) in [6.07, 6.45) is 10.6. The molecule has 3 aromatic rings. The number of rotatable bonds is 7. The molecule has 0 radical (unpaired) electrons. The molecule has 134 valence electrons. The van der Waals surface area contributed by atoms with Gasteiger partial charge < -0.3 is 0 Å². The van der Waals surface area contributed by atoms with E-state index in [-0.39, 0.29) is 5.56 Å². The summed E-state index contributed by atoms with van der Waals surface area (Å²) >= 11 is 5.98. The second kappa shape index (κ2) is 8.81. The van der Waals surface area contributed by atoms with Gasteiger partial charge in [-0.25, -0.2) is 4.98 Å². The van der Waals surface area contributed by atoms with Gasteiger partial charge in [-0.15, -0.1) is 0 Å². The Hall–Kier alpha value is -2.39. The van der Waals surface area contributed by atoms with Crippen molar-refractivity contribution >= 4 is 22.6 Å². The highest BCUT2D eigenvalue weighted by molar-refractivity contribution is 6.30. The van der Waals surface area contributed by atoms with Crippen molar-refractivity contribution < 1.29 is 0 Å². The van der Waals surface area contributed by atoms with Crippen LogP contribution in [0.4, 0.5) is 0 Å². The van der Waals surface area contributed by atoms with Gasteiger partial charge in [0.05, 0.1) is 0 Å². The maximum absolute atomic E-state index is 13.1. The third-order valence-corrected chi connectivity index (χ3v) is 4.68. The van der Waals surface area contributed by atoms with E-state index in [9.17, 15) is 4.79 Å². The molecule has 0 fully saturated rings. The second-order valence-electron chi connectivity index (χ2n) is 6.36. The summed E-state index contributed by atoms with van der Waals surface area (Å²) < 4.78 is 1.75. The minimum Gasteiger partial charge on any atom is -0.288 e. The highest BCUT2D eigenvalue weighted by Gasteiger charge is 2.11. The summed E-state index contributed by atoms with van der Waals surface area (Å²) in [6, 6.07) is 13.2.